The lowest BCUT2D eigenvalue weighted by Crippen LogP contribution is -2.26. The maximum Gasteiger partial charge on any atom is 0.278 e. The van der Waals surface area contributed by atoms with E-state index in [4.69, 9.17) is 4.84 Å². The Balaban J connectivity index is 1.97. The summed E-state index contributed by atoms with van der Waals surface area (Å²) in [7, 11) is -0.778. The van der Waals surface area contributed by atoms with Gasteiger partial charge in [0.05, 0.1) is 36.0 Å². The predicted molar refractivity (Wildman–Crippen MR) is 122 cm³/mol. The summed E-state index contributed by atoms with van der Waals surface area (Å²) < 4.78 is 25.2. The maximum atomic E-state index is 12.5. The van der Waals surface area contributed by atoms with Gasteiger partial charge >= 0.3 is 0 Å². The topological polar surface area (TPSA) is 130 Å². The van der Waals surface area contributed by atoms with Crippen molar-refractivity contribution in [2.24, 2.45) is 11.3 Å². The standard InChI is InChI=1S/C21H27N5O5S/c1-21(2)11-14(21)20(28)24-18-10-16(13(12-22-18)19(27)25-31-4)23-15-8-6-7-9-17(15)26(3)32(5,29)30/h6-10,12,14H,11H2,1-5H3,(H,25,27)(H2,22,23,24,28). The van der Waals surface area contributed by atoms with Crippen LogP contribution in [0.1, 0.15) is 30.6 Å². The van der Waals surface area contributed by atoms with Crippen LogP contribution < -0.4 is 20.4 Å². The largest absolute Gasteiger partial charge is 0.353 e. The molecule has 32 heavy (non-hydrogen) atoms. The molecule has 1 aromatic carbocycles. The number of amides is 2. The minimum atomic E-state index is -3.52. The van der Waals surface area contributed by atoms with Crippen LogP contribution in [0.15, 0.2) is 36.5 Å². The number of para-hydroxylation sites is 2. The van der Waals surface area contributed by atoms with Gasteiger partial charge in [0.25, 0.3) is 5.91 Å². The van der Waals surface area contributed by atoms with Crippen LogP contribution >= 0.6 is 0 Å². The molecule has 1 fully saturated rings. The van der Waals surface area contributed by atoms with E-state index in [1.807, 2.05) is 13.8 Å². The van der Waals surface area contributed by atoms with Crippen molar-refractivity contribution in [3.8, 4) is 0 Å². The monoisotopic (exact) mass is 461 g/mol. The van der Waals surface area contributed by atoms with E-state index >= 15 is 0 Å². The number of sulfonamides is 1. The van der Waals surface area contributed by atoms with E-state index in [-0.39, 0.29) is 28.6 Å². The Morgan fingerprint density at radius 1 is 1.22 bits per heavy atom. The number of benzene rings is 1. The molecule has 0 radical (unpaired) electrons. The van der Waals surface area contributed by atoms with E-state index in [0.29, 0.717) is 17.1 Å². The number of pyridine rings is 1. The smallest absolute Gasteiger partial charge is 0.278 e. The van der Waals surface area contributed by atoms with Crippen LogP contribution in [0.3, 0.4) is 0 Å². The minimum Gasteiger partial charge on any atom is -0.353 e. The van der Waals surface area contributed by atoms with Crippen LogP contribution in [0.4, 0.5) is 22.9 Å². The van der Waals surface area contributed by atoms with Crippen molar-refractivity contribution in [2.75, 3.05) is 35.4 Å². The predicted octanol–water partition coefficient (Wildman–Crippen LogP) is 2.50. The zero-order valence-electron chi connectivity index (χ0n) is 18.6. The molecule has 10 nitrogen and oxygen atoms in total. The van der Waals surface area contributed by atoms with E-state index in [0.717, 1.165) is 17.0 Å². The molecule has 11 heteroatoms. The third kappa shape index (κ3) is 5.17. The van der Waals surface area contributed by atoms with Gasteiger partial charge in [-0.3, -0.25) is 18.7 Å². The first-order valence-electron chi connectivity index (χ1n) is 9.88. The van der Waals surface area contributed by atoms with Crippen LogP contribution in [0, 0.1) is 11.3 Å². The quantitative estimate of drug-likeness (QED) is 0.515. The Bertz CT molecular complexity index is 1150. The highest BCUT2D eigenvalue weighted by atomic mass is 32.2. The fourth-order valence-corrected chi connectivity index (χ4v) is 3.78. The average Bonchev–Trinajstić information content (AvgIpc) is 3.36. The summed E-state index contributed by atoms with van der Waals surface area (Å²) >= 11 is 0. The molecule has 0 spiro atoms. The number of carbonyl (C=O) groups excluding carboxylic acids is 2. The van der Waals surface area contributed by atoms with Gasteiger partial charge in [-0.1, -0.05) is 26.0 Å². The van der Waals surface area contributed by atoms with E-state index in [1.54, 1.807) is 24.3 Å². The molecule has 2 amide bonds. The summed E-state index contributed by atoms with van der Waals surface area (Å²) in [5.41, 5.74) is 3.48. The van der Waals surface area contributed by atoms with E-state index < -0.39 is 15.9 Å². The molecule has 3 rings (SSSR count). The minimum absolute atomic E-state index is 0.0430. The molecular formula is C21H27N5O5S. The fraction of sp³-hybridized carbons (Fsp3) is 0.381. The lowest BCUT2D eigenvalue weighted by atomic mass is 10.1. The Labute approximate surface area is 187 Å². The van der Waals surface area contributed by atoms with Gasteiger partial charge in [0.2, 0.25) is 15.9 Å². The second-order valence-corrected chi connectivity index (χ2v) is 10.4. The number of carbonyl (C=O) groups is 2. The highest BCUT2D eigenvalue weighted by molar-refractivity contribution is 7.92. The van der Waals surface area contributed by atoms with Gasteiger partial charge in [-0.15, -0.1) is 0 Å². The van der Waals surface area contributed by atoms with Crippen LogP contribution in [-0.4, -0.2) is 45.6 Å². The molecule has 3 N–H and O–H groups in total. The summed E-state index contributed by atoms with van der Waals surface area (Å²) in [6, 6.07) is 8.28. The van der Waals surface area contributed by atoms with Crippen LogP contribution in [-0.2, 0) is 19.7 Å². The normalized spacial score (nSPS) is 16.7. The van der Waals surface area contributed by atoms with E-state index in [2.05, 4.69) is 21.1 Å². The molecule has 1 aliphatic rings. The number of hydrogen-bond acceptors (Lipinski definition) is 7. The van der Waals surface area contributed by atoms with Gasteiger partial charge in [-0.2, -0.15) is 0 Å². The molecule has 0 saturated heterocycles. The van der Waals surface area contributed by atoms with Gasteiger partial charge in [-0.05, 0) is 24.0 Å². The van der Waals surface area contributed by atoms with E-state index in [1.165, 1.54) is 26.4 Å². The molecule has 2 aromatic rings. The third-order valence-electron chi connectivity index (χ3n) is 5.43. The lowest BCUT2D eigenvalue weighted by Gasteiger charge is -2.22. The van der Waals surface area contributed by atoms with Gasteiger partial charge < -0.3 is 10.6 Å². The van der Waals surface area contributed by atoms with Crippen LogP contribution in [0.5, 0.6) is 0 Å². The fourth-order valence-electron chi connectivity index (χ4n) is 3.26. The highest BCUT2D eigenvalue weighted by Crippen LogP contribution is 2.52. The van der Waals surface area contributed by atoms with Gasteiger partial charge in [0.15, 0.2) is 0 Å². The number of aromatic nitrogens is 1. The van der Waals surface area contributed by atoms with Gasteiger partial charge in [-0.25, -0.2) is 18.9 Å². The number of hydroxylamine groups is 1. The second kappa shape index (κ2) is 8.75. The molecular weight excluding hydrogens is 434 g/mol. The number of rotatable bonds is 8. The SMILES string of the molecule is CONC(=O)c1cnc(NC(=O)C2CC2(C)C)cc1Nc1ccccc1N(C)S(C)(=O)=O. The molecule has 1 saturated carbocycles. The first kappa shape index (κ1) is 23.5. The summed E-state index contributed by atoms with van der Waals surface area (Å²) in [5.74, 6) is -0.526. The van der Waals surface area contributed by atoms with Crippen molar-refractivity contribution < 1.29 is 22.8 Å². The summed E-state index contributed by atoms with van der Waals surface area (Å²) in [4.78, 5) is 33.9. The Kier molecular flexibility index (Phi) is 6.42. The summed E-state index contributed by atoms with van der Waals surface area (Å²) in [6.07, 6.45) is 3.21. The van der Waals surface area contributed by atoms with Crippen molar-refractivity contribution in [1.82, 2.24) is 10.5 Å². The third-order valence-corrected chi connectivity index (χ3v) is 6.63. The average molecular weight is 462 g/mol. The zero-order chi connectivity index (χ0) is 23.7. The summed E-state index contributed by atoms with van der Waals surface area (Å²) in [6.45, 7) is 4.04. The van der Waals surface area contributed by atoms with Gasteiger partial charge in [0, 0.05) is 25.2 Å². The highest BCUT2D eigenvalue weighted by Gasteiger charge is 2.50. The Morgan fingerprint density at radius 3 is 2.47 bits per heavy atom. The second-order valence-electron chi connectivity index (χ2n) is 8.36. The molecule has 1 heterocycles. The van der Waals surface area contributed by atoms with Crippen molar-refractivity contribution in [3.05, 3.63) is 42.1 Å². The maximum absolute atomic E-state index is 12.5. The number of hydrogen-bond donors (Lipinski definition) is 3. The van der Waals surface area contributed by atoms with E-state index in [9.17, 15) is 18.0 Å². The zero-order valence-corrected chi connectivity index (χ0v) is 19.4. The van der Waals surface area contributed by atoms with Crippen molar-refractivity contribution in [3.63, 3.8) is 0 Å². The molecule has 0 aliphatic heterocycles. The first-order valence-corrected chi connectivity index (χ1v) is 11.7. The molecule has 1 aromatic heterocycles. The lowest BCUT2D eigenvalue weighted by molar-refractivity contribution is -0.118. The molecule has 172 valence electrons. The Hall–Kier alpha value is -3.18. The molecule has 0 bridgehead atoms. The van der Waals surface area contributed by atoms with Crippen LogP contribution in [0.2, 0.25) is 0 Å². The molecule has 1 aliphatic carbocycles. The van der Waals surface area contributed by atoms with Crippen molar-refractivity contribution >= 4 is 44.7 Å². The summed E-state index contributed by atoms with van der Waals surface area (Å²) in [5, 5.41) is 5.88. The number of nitrogens with zero attached hydrogens (tertiary/aromatic N) is 2. The van der Waals surface area contributed by atoms with Crippen molar-refractivity contribution in [1.29, 1.82) is 0 Å². The van der Waals surface area contributed by atoms with Gasteiger partial charge in [0.1, 0.15) is 5.82 Å². The van der Waals surface area contributed by atoms with Crippen molar-refractivity contribution in [2.45, 2.75) is 20.3 Å². The number of anilines is 4. The number of nitrogens with one attached hydrogen (secondary N) is 3. The Morgan fingerprint density at radius 2 is 1.88 bits per heavy atom. The van der Waals surface area contributed by atoms with Crippen LogP contribution in [0.25, 0.3) is 0 Å². The first-order chi connectivity index (χ1) is 14.9. The molecule has 1 unspecified atom stereocenters. The molecule has 1 atom stereocenters.